The van der Waals surface area contributed by atoms with Crippen LogP contribution in [-0.4, -0.2) is 29.2 Å². The minimum Gasteiger partial charge on any atom is -0.491 e. The molecule has 2 rings (SSSR count). The zero-order chi connectivity index (χ0) is 14.5. The van der Waals surface area contributed by atoms with Crippen LogP contribution in [0.4, 0.5) is 0 Å². The molecule has 0 saturated carbocycles. The maximum Gasteiger partial charge on any atom is 0.358 e. The molecule has 104 valence electrons. The van der Waals surface area contributed by atoms with Gasteiger partial charge in [0.05, 0.1) is 31.3 Å². The average molecular weight is 272 g/mol. The molecular formula is C15H16N2O3. The standard InChI is InChI=1S/C15H16N2O3/c1-10(2)20-12-6-4-11(5-7-12)13-8-16-9-14(17-13)15(18)19-3/h4-10H,1-3H3. The maximum absolute atomic E-state index is 11.4. The highest BCUT2D eigenvalue weighted by Gasteiger charge is 2.09. The number of ether oxygens (including phenoxy) is 2. The summed E-state index contributed by atoms with van der Waals surface area (Å²) in [5.41, 5.74) is 1.66. The second kappa shape index (κ2) is 6.14. The fourth-order valence-electron chi connectivity index (χ4n) is 1.68. The summed E-state index contributed by atoms with van der Waals surface area (Å²) in [7, 11) is 1.31. The van der Waals surface area contributed by atoms with Crippen LogP contribution < -0.4 is 4.74 Å². The first-order valence-electron chi connectivity index (χ1n) is 6.27. The summed E-state index contributed by atoms with van der Waals surface area (Å²) >= 11 is 0. The Morgan fingerprint density at radius 1 is 1.15 bits per heavy atom. The zero-order valence-electron chi connectivity index (χ0n) is 11.7. The topological polar surface area (TPSA) is 61.3 Å². The van der Waals surface area contributed by atoms with E-state index in [0.29, 0.717) is 5.69 Å². The summed E-state index contributed by atoms with van der Waals surface area (Å²) in [6.45, 7) is 3.94. The van der Waals surface area contributed by atoms with Crippen molar-refractivity contribution in [2.45, 2.75) is 20.0 Å². The van der Waals surface area contributed by atoms with Gasteiger partial charge in [0, 0.05) is 5.56 Å². The van der Waals surface area contributed by atoms with E-state index in [0.717, 1.165) is 11.3 Å². The number of esters is 1. The Morgan fingerprint density at radius 3 is 2.45 bits per heavy atom. The number of carbonyl (C=O) groups is 1. The third-order valence-corrected chi connectivity index (χ3v) is 2.55. The lowest BCUT2D eigenvalue weighted by Crippen LogP contribution is -2.06. The molecule has 1 heterocycles. The molecule has 0 spiro atoms. The lowest BCUT2D eigenvalue weighted by molar-refractivity contribution is 0.0593. The van der Waals surface area contributed by atoms with Crippen LogP contribution >= 0.6 is 0 Å². The molecule has 20 heavy (non-hydrogen) atoms. The number of carbonyl (C=O) groups excluding carboxylic acids is 1. The van der Waals surface area contributed by atoms with Crippen molar-refractivity contribution < 1.29 is 14.3 Å². The van der Waals surface area contributed by atoms with Crippen molar-refractivity contribution in [2.75, 3.05) is 7.11 Å². The van der Waals surface area contributed by atoms with Gasteiger partial charge in [-0.15, -0.1) is 0 Å². The van der Waals surface area contributed by atoms with Crippen LogP contribution in [0, 0.1) is 0 Å². The van der Waals surface area contributed by atoms with E-state index in [2.05, 4.69) is 14.7 Å². The molecule has 0 bridgehead atoms. The molecule has 0 radical (unpaired) electrons. The Balaban J connectivity index is 2.25. The number of methoxy groups -OCH3 is 1. The monoisotopic (exact) mass is 272 g/mol. The zero-order valence-corrected chi connectivity index (χ0v) is 11.7. The van der Waals surface area contributed by atoms with Crippen LogP contribution in [0.2, 0.25) is 0 Å². The number of hydrogen-bond donors (Lipinski definition) is 0. The van der Waals surface area contributed by atoms with Crippen molar-refractivity contribution in [3.05, 3.63) is 42.4 Å². The van der Waals surface area contributed by atoms with Gasteiger partial charge in [0.1, 0.15) is 5.75 Å². The fraction of sp³-hybridized carbons (Fsp3) is 0.267. The quantitative estimate of drug-likeness (QED) is 0.801. The van der Waals surface area contributed by atoms with Gasteiger partial charge in [-0.25, -0.2) is 9.78 Å². The molecule has 0 fully saturated rings. The Hall–Kier alpha value is -2.43. The van der Waals surface area contributed by atoms with E-state index < -0.39 is 5.97 Å². The van der Waals surface area contributed by atoms with E-state index in [4.69, 9.17) is 4.74 Å². The van der Waals surface area contributed by atoms with Crippen molar-refractivity contribution in [1.29, 1.82) is 0 Å². The first-order valence-corrected chi connectivity index (χ1v) is 6.27. The molecule has 1 aromatic heterocycles. The molecule has 0 amide bonds. The molecule has 0 atom stereocenters. The van der Waals surface area contributed by atoms with Crippen molar-refractivity contribution in [2.24, 2.45) is 0 Å². The normalized spacial score (nSPS) is 10.4. The van der Waals surface area contributed by atoms with Crippen molar-refractivity contribution >= 4 is 5.97 Å². The molecular weight excluding hydrogens is 256 g/mol. The Labute approximate surface area is 117 Å². The van der Waals surface area contributed by atoms with Crippen LogP contribution in [0.15, 0.2) is 36.7 Å². The van der Waals surface area contributed by atoms with Crippen molar-refractivity contribution in [3.63, 3.8) is 0 Å². The molecule has 0 aliphatic rings. The maximum atomic E-state index is 11.4. The van der Waals surface area contributed by atoms with Crippen LogP contribution in [0.25, 0.3) is 11.3 Å². The first-order chi connectivity index (χ1) is 9.60. The smallest absolute Gasteiger partial charge is 0.358 e. The molecule has 5 heteroatoms. The van der Waals surface area contributed by atoms with Crippen LogP contribution in [0.5, 0.6) is 5.75 Å². The molecule has 1 aromatic carbocycles. The summed E-state index contributed by atoms with van der Waals surface area (Å²) in [6.07, 6.45) is 3.11. The lowest BCUT2D eigenvalue weighted by Gasteiger charge is -2.10. The van der Waals surface area contributed by atoms with Gasteiger partial charge in [-0.05, 0) is 38.1 Å². The molecule has 2 aromatic rings. The molecule has 0 aliphatic heterocycles. The molecule has 0 unspecified atom stereocenters. The third-order valence-electron chi connectivity index (χ3n) is 2.55. The molecule has 5 nitrogen and oxygen atoms in total. The first kappa shape index (κ1) is 14.0. The van der Waals surface area contributed by atoms with Gasteiger partial charge in [0.25, 0.3) is 0 Å². The number of rotatable bonds is 4. The SMILES string of the molecule is COC(=O)c1cncc(-c2ccc(OC(C)C)cc2)n1. The second-order valence-corrected chi connectivity index (χ2v) is 4.47. The van der Waals surface area contributed by atoms with Gasteiger partial charge in [-0.2, -0.15) is 0 Å². The second-order valence-electron chi connectivity index (χ2n) is 4.47. The predicted molar refractivity (Wildman–Crippen MR) is 74.6 cm³/mol. The minimum atomic E-state index is -0.501. The van der Waals surface area contributed by atoms with E-state index in [1.807, 2.05) is 38.1 Å². The van der Waals surface area contributed by atoms with Gasteiger partial charge in [0.2, 0.25) is 0 Å². The summed E-state index contributed by atoms with van der Waals surface area (Å²) in [5.74, 6) is 0.292. The van der Waals surface area contributed by atoms with Crippen LogP contribution in [0.1, 0.15) is 24.3 Å². The van der Waals surface area contributed by atoms with Crippen molar-refractivity contribution in [1.82, 2.24) is 9.97 Å². The number of hydrogen-bond acceptors (Lipinski definition) is 5. The summed E-state index contributed by atoms with van der Waals surface area (Å²) in [6, 6.07) is 7.48. The Morgan fingerprint density at radius 2 is 1.85 bits per heavy atom. The van der Waals surface area contributed by atoms with Crippen LogP contribution in [0.3, 0.4) is 0 Å². The van der Waals surface area contributed by atoms with E-state index in [1.165, 1.54) is 13.3 Å². The lowest BCUT2D eigenvalue weighted by atomic mass is 10.1. The largest absolute Gasteiger partial charge is 0.491 e. The summed E-state index contributed by atoms with van der Waals surface area (Å²) < 4.78 is 10.2. The van der Waals surface area contributed by atoms with Gasteiger partial charge in [0.15, 0.2) is 5.69 Å². The fourth-order valence-corrected chi connectivity index (χ4v) is 1.68. The number of benzene rings is 1. The van der Waals surface area contributed by atoms with Crippen LogP contribution in [-0.2, 0) is 4.74 Å². The predicted octanol–water partition coefficient (Wildman–Crippen LogP) is 2.72. The molecule has 0 aliphatic carbocycles. The average Bonchev–Trinajstić information content (AvgIpc) is 2.47. The highest BCUT2D eigenvalue weighted by atomic mass is 16.5. The summed E-state index contributed by atoms with van der Waals surface area (Å²) in [5, 5.41) is 0. The van der Waals surface area contributed by atoms with E-state index in [1.54, 1.807) is 6.20 Å². The van der Waals surface area contributed by atoms with Gasteiger partial charge in [-0.3, -0.25) is 4.98 Å². The number of nitrogens with zero attached hydrogens (tertiary/aromatic N) is 2. The Bertz CT molecular complexity index is 594. The Kier molecular flexibility index (Phi) is 4.30. The summed E-state index contributed by atoms with van der Waals surface area (Å²) in [4.78, 5) is 19.7. The molecule has 0 N–H and O–H groups in total. The van der Waals surface area contributed by atoms with Gasteiger partial charge >= 0.3 is 5.97 Å². The van der Waals surface area contributed by atoms with Gasteiger partial charge in [-0.1, -0.05) is 0 Å². The minimum absolute atomic E-state index is 0.128. The highest BCUT2D eigenvalue weighted by Crippen LogP contribution is 2.21. The third kappa shape index (κ3) is 3.32. The van der Waals surface area contributed by atoms with E-state index in [-0.39, 0.29) is 11.8 Å². The van der Waals surface area contributed by atoms with E-state index >= 15 is 0 Å². The van der Waals surface area contributed by atoms with Crippen molar-refractivity contribution in [3.8, 4) is 17.0 Å². The van der Waals surface area contributed by atoms with E-state index in [9.17, 15) is 4.79 Å². The molecule has 0 saturated heterocycles. The number of aromatic nitrogens is 2. The van der Waals surface area contributed by atoms with Gasteiger partial charge < -0.3 is 9.47 Å². The highest BCUT2D eigenvalue weighted by molar-refractivity contribution is 5.87.